The van der Waals surface area contributed by atoms with Gasteiger partial charge in [0.1, 0.15) is 0 Å². The number of morpholine rings is 1. The zero-order valence-corrected chi connectivity index (χ0v) is 14.1. The lowest BCUT2D eigenvalue weighted by molar-refractivity contribution is -0.137. The van der Waals surface area contributed by atoms with E-state index in [0.29, 0.717) is 6.54 Å². The van der Waals surface area contributed by atoms with Crippen LogP contribution in [0.4, 0.5) is 24.5 Å². The van der Waals surface area contributed by atoms with Crippen LogP contribution in [-0.2, 0) is 17.5 Å². The van der Waals surface area contributed by atoms with Crippen molar-refractivity contribution in [3.8, 4) is 0 Å². The van der Waals surface area contributed by atoms with E-state index in [-0.39, 0.29) is 0 Å². The van der Waals surface area contributed by atoms with E-state index in [9.17, 15) is 13.2 Å². The lowest BCUT2D eigenvalue weighted by atomic mass is 10.1. The normalized spacial score (nSPS) is 15.3. The molecular weight excluding hydrogens is 329 g/mol. The molecule has 2 aromatic carbocycles. The summed E-state index contributed by atoms with van der Waals surface area (Å²) in [5.74, 6) is 0. The predicted octanol–water partition coefficient (Wildman–Crippen LogP) is 4.46. The molecule has 0 spiro atoms. The van der Waals surface area contributed by atoms with Crippen LogP contribution in [0.1, 0.15) is 16.7 Å². The monoisotopic (exact) mass is 350 g/mol. The van der Waals surface area contributed by atoms with Crippen molar-refractivity contribution < 1.29 is 17.9 Å². The highest BCUT2D eigenvalue weighted by Crippen LogP contribution is 2.29. The number of nitrogens with zero attached hydrogens (tertiary/aromatic N) is 1. The summed E-state index contributed by atoms with van der Waals surface area (Å²) in [7, 11) is 0. The van der Waals surface area contributed by atoms with Crippen molar-refractivity contribution in [3.63, 3.8) is 0 Å². The topological polar surface area (TPSA) is 24.5 Å². The molecule has 0 radical (unpaired) electrons. The number of benzene rings is 2. The van der Waals surface area contributed by atoms with Crippen molar-refractivity contribution in [1.29, 1.82) is 0 Å². The molecule has 3 rings (SSSR count). The summed E-state index contributed by atoms with van der Waals surface area (Å²) in [5, 5.41) is 3.30. The highest BCUT2D eigenvalue weighted by Gasteiger charge is 2.29. The lowest BCUT2D eigenvalue weighted by Crippen LogP contribution is -2.36. The van der Waals surface area contributed by atoms with Gasteiger partial charge in [-0.05, 0) is 48.4 Å². The lowest BCUT2D eigenvalue weighted by Gasteiger charge is -2.29. The fourth-order valence-electron chi connectivity index (χ4n) is 2.88. The molecule has 1 aliphatic heterocycles. The summed E-state index contributed by atoms with van der Waals surface area (Å²) in [4.78, 5) is 2.28. The van der Waals surface area contributed by atoms with Crippen molar-refractivity contribution in [2.24, 2.45) is 0 Å². The van der Waals surface area contributed by atoms with E-state index in [1.54, 1.807) is 0 Å². The van der Waals surface area contributed by atoms with Crippen LogP contribution in [0.15, 0.2) is 42.5 Å². The van der Waals surface area contributed by atoms with Crippen LogP contribution in [0, 0.1) is 6.92 Å². The number of hydrogen-bond acceptors (Lipinski definition) is 3. The van der Waals surface area contributed by atoms with Crippen LogP contribution in [0.25, 0.3) is 0 Å². The minimum Gasteiger partial charge on any atom is -0.381 e. The first kappa shape index (κ1) is 17.6. The fraction of sp³-hybridized carbons (Fsp3) is 0.368. The number of halogens is 3. The van der Waals surface area contributed by atoms with Crippen molar-refractivity contribution in [2.75, 3.05) is 36.5 Å². The van der Waals surface area contributed by atoms with Gasteiger partial charge in [-0.3, -0.25) is 0 Å². The average Bonchev–Trinajstić information content (AvgIpc) is 2.60. The van der Waals surface area contributed by atoms with Gasteiger partial charge in [-0.15, -0.1) is 0 Å². The summed E-state index contributed by atoms with van der Waals surface area (Å²) in [5.41, 5.74) is 3.42. The molecule has 1 heterocycles. The molecule has 0 aliphatic carbocycles. The second-order valence-corrected chi connectivity index (χ2v) is 6.20. The van der Waals surface area contributed by atoms with Crippen LogP contribution < -0.4 is 10.2 Å². The second kappa shape index (κ2) is 7.35. The zero-order valence-electron chi connectivity index (χ0n) is 14.1. The molecule has 3 nitrogen and oxygen atoms in total. The van der Waals surface area contributed by atoms with Gasteiger partial charge in [0, 0.05) is 31.0 Å². The Hall–Kier alpha value is -2.21. The maximum Gasteiger partial charge on any atom is 0.416 e. The Bertz CT molecular complexity index is 708. The van der Waals surface area contributed by atoms with E-state index in [2.05, 4.69) is 22.3 Å². The molecule has 6 heteroatoms. The molecule has 134 valence electrons. The highest BCUT2D eigenvalue weighted by atomic mass is 19.4. The first-order valence-corrected chi connectivity index (χ1v) is 8.26. The van der Waals surface area contributed by atoms with E-state index in [1.165, 1.54) is 12.1 Å². The van der Waals surface area contributed by atoms with E-state index in [1.807, 2.05) is 13.0 Å². The summed E-state index contributed by atoms with van der Waals surface area (Å²) in [6.45, 7) is 5.69. The highest BCUT2D eigenvalue weighted by molar-refractivity contribution is 5.60. The Morgan fingerprint density at radius 1 is 1.04 bits per heavy atom. The zero-order chi connectivity index (χ0) is 17.9. The minimum absolute atomic E-state index is 0.476. The largest absolute Gasteiger partial charge is 0.416 e. The van der Waals surface area contributed by atoms with E-state index < -0.39 is 11.7 Å². The Kier molecular flexibility index (Phi) is 5.18. The van der Waals surface area contributed by atoms with E-state index >= 15 is 0 Å². The number of aryl methyl sites for hydroxylation is 1. The number of rotatable bonds is 4. The Labute approximate surface area is 145 Å². The van der Waals surface area contributed by atoms with Crippen molar-refractivity contribution >= 4 is 11.4 Å². The number of hydrogen-bond donors (Lipinski definition) is 1. The van der Waals surface area contributed by atoms with Gasteiger partial charge in [0.25, 0.3) is 0 Å². The molecule has 25 heavy (non-hydrogen) atoms. The molecule has 1 aliphatic rings. The molecule has 1 saturated heterocycles. The molecule has 0 amide bonds. The third-order valence-electron chi connectivity index (χ3n) is 4.22. The minimum atomic E-state index is -4.30. The van der Waals surface area contributed by atoms with Crippen LogP contribution in [-0.4, -0.2) is 26.3 Å². The van der Waals surface area contributed by atoms with Crippen molar-refractivity contribution in [2.45, 2.75) is 19.6 Å². The Morgan fingerprint density at radius 2 is 1.72 bits per heavy atom. The van der Waals surface area contributed by atoms with Gasteiger partial charge in [-0.1, -0.05) is 12.1 Å². The maximum absolute atomic E-state index is 12.6. The van der Waals surface area contributed by atoms with Crippen molar-refractivity contribution in [1.82, 2.24) is 0 Å². The Balaban J connectivity index is 1.67. The third kappa shape index (κ3) is 4.66. The summed E-state index contributed by atoms with van der Waals surface area (Å²) in [6, 6.07) is 11.5. The van der Waals surface area contributed by atoms with Gasteiger partial charge >= 0.3 is 6.18 Å². The first-order valence-electron chi connectivity index (χ1n) is 8.26. The predicted molar refractivity (Wildman–Crippen MR) is 93.0 cm³/mol. The van der Waals surface area contributed by atoms with E-state index in [4.69, 9.17) is 4.74 Å². The standard InChI is InChI=1S/C19H21F3N2O/c1-14-10-17(12-18(11-14)24-6-8-25-9-7-24)23-13-15-2-4-16(5-3-15)19(20,21)22/h2-5,10-12,23H,6-9,13H2,1H3. The third-order valence-corrected chi connectivity index (χ3v) is 4.22. The number of nitrogens with one attached hydrogen (secondary N) is 1. The number of alkyl halides is 3. The molecule has 0 saturated carbocycles. The molecule has 0 unspecified atom stereocenters. The average molecular weight is 350 g/mol. The summed E-state index contributed by atoms with van der Waals surface area (Å²) in [6.07, 6.45) is -4.30. The number of ether oxygens (including phenoxy) is 1. The van der Waals surface area contributed by atoms with Gasteiger partial charge in [0.05, 0.1) is 18.8 Å². The fourth-order valence-corrected chi connectivity index (χ4v) is 2.88. The van der Waals surface area contributed by atoms with Gasteiger partial charge in [0.2, 0.25) is 0 Å². The molecule has 1 N–H and O–H groups in total. The molecule has 0 aromatic heterocycles. The molecule has 0 atom stereocenters. The first-order chi connectivity index (χ1) is 11.9. The molecule has 2 aromatic rings. The van der Waals surface area contributed by atoms with Gasteiger partial charge in [-0.25, -0.2) is 0 Å². The van der Waals surface area contributed by atoms with Crippen LogP contribution in [0.5, 0.6) is 0 Å². The molecule has 1 fully saturated rings. The van der Waals surface area contributed by atoms with E-state index in [0.717, 1.165) is 60.9 Å². The van der Waals surface area contributed by atoms with Gasteiger partial charge in [0.15, 0.2) is 0 Å². The number of anilines is 2. The van der Waals surface area contributed by atoms with Crippen LogP contribution in [0.3, 0.4) is 0 Å². The summed E-state index contributed by atoms with van der Waals surface area (Å²) >= 11 is 0. The van der Waals surface area contributed by atoms with Gasteiger partial charge < -0.3 is 15.0 Å². The summed E-state index contributed by atoms with van der Waals surface area (Å²) < 4.78 is 43.2. The Morgan fingerprint density at radius 3 is 2.36 bits per heavy atom. The molecule has 0 bridgehead atoms. The van der Waals surface area contributed by atoms with Gasteiger partial charge in [-0.2, -0.15) is 13.2 Å². The van der Waals surface area contributed by atoms with Crippen LogP contribution in [0.2, 0.25) is 0 Å². The maximum atomic E-state index is 12.6. The van der Waals surface area contributed by atoms with Crippen LogP contribution >= 0.6 is 0 Å². The molecular formula is C19H21F3N2O. The SMILES string of the molecule is Cc1cc(NCc2ccc(C(F)(F)F)cc2)cc(N2CCOCC2)c1. The second-order valence-electron chi connectivity index (χ2n) is 6.20. The van der Waals surface area contributed by atoms with Crippen molar-refractivity contribution in [3.05, 3.63) is 59.2 Å². The quantitative estimate of drug-likeness (QED) is 0.881. The smallest absolute Gasteiger partial charge is 0.381 e.